The molecule has 2 fully saturated rings. The molecule has 1 saturated heterocycles. The van der Waals surface area contributed by atoms with Crippen molar-refractivity contribution in [2.75, 3.05) is 19.6 Å². The average Bonchev–Trinajstić information content (AvgIpc) is 2.54. The van der Waals surface area contributed by atoms with E-state index in [0.29, 0.717) is 5.41 Å². The zero-order valence-corrected chi connectivity index (χ0v) is 13.6. The molecule has 1 heteroatoms. The molecule has 19 heavy (non-hydrogen) atoms. The molecule has 1 aliphatic heterocycles. The van der Waals surface area contributed by atoms with E-state index in [-0.39, 0.29) is 0 Å². The molecule has 0 aromatic carbocycles. The first-order valence-corrected chi connectivity index (χ1v) is 8.75. The van der Waals surface area contributed by atoms with Gasteiger partial charge in [-0.15, -0.1) is 0 Å². The topological polar surface area (TPSA) is 3.24 Å². The summed E-state index contributed by atoms with van der Waals surface area (Å²) < 4.78 is 0. The largest absolute Gasteiger partial charge is 0.303 e. The zero-order valence-electron chi connectivity index (χ0n) is 13.6. The summed E-state index contributed by atoms with van der Waals surface area (Å²) in [6, 6.07) is 0. The minimum Gasteiger partial charge on any atom is -0.303 e. The van der Waals surface area contributed by atoms with E-state index >= 15 is 0 Å². The summed E-state index contributed by atoms with van der Waals surface area (Å²) in [6.45, 7) is 11.4. The van der Waals surface area contributed by atoms with Crippen LogP contribution in [0.1, 0.15) is 78.6 Å². The van der Waals surface area contributed by atoms with Gasteiger partial charge >= 0.3 is 0 Å². The van der Waals surface area contributed by atoms with Gasteiger partial charge in [0.2, 0.25) is 0 Å². The predicted octanol–water partition coefficient (Wildman–Crippen LogP) is 5.11. The van der Waals surface area contributed by atoms with Crippen LogP contribution in [-0.4, -0.2) is 24.5 Å². The van der Waals surface area contributed by atoms with Gasteiger partial charge in [-0.2, -0.15) is 0 Å². The van der Waals surface area contributed by atoms with Crippen LogP contribution in [0.25, 0.3) is 0 Å². The van der Waals surface area contributed by atoms with Gasteiger partial charge in [0.05, 0.1) is 0 Å². The second kappa shape index (κ2) is 7.11. The van der Waals surface area contributed by atoms with Crippen LogP contribution in [0.3, 0.4) is 0 Å². The molecule has 0 amide bonds. The Balaban J connectivity index is 1.73. The average molecular weight is 265 g/mol. The molecule has 0 aromatic rings. The lowest BCUT2D eigenvalue weighted by molar-refractivity contribution is 0.201. The summed E-state index contributed by atoms with van der Waals surface area (Å²) in [5.41, 5.74) is 0.517. The highest BCUT2D eigenvalue weighted by molar-refractivity contribution is 4.77. The van der Waals surface area contributed by atoms with Crippen LogP contribution in [0.5, 0.6) is 0 Å². The molecule has 1 unspecified atom stereocenters. The van der Waals surface area contributed by atoms with E-state index in [2.05, 4.69) is 25.7 Å². The Morgan fingerprint density at radius 1 is 0.789 bits per heavy atom. The van der Waals surface area contributed by atoms with Gasteiger partial charge in [-0.1, -0.05) is 40.0 Å². The van der Waals surface area contributed by atoms with Gasteiger partial charge in [-0.3, -0.25) is 0 Å². The van der Waals surface area contributed by atoms with E-state index in [4.69, 9.17) is 0 Å². The molecule has 0 radical (unpaired) electrons. The molecule has 1 saturated carbocycles. The second-order valence-corrected chi connectivity index (χ2v) is 8.37. The standard InChI is InChI=1S/C18H35N/c1-18(2,3)14-16-10-7-12-19(13-11-16)15-17-8-5-4-6-9-17/h16-17H,4-15H2,1-3H3. The molecule has 1 aliphatic carbocycles. The van der Waals surface area contributed by atoms with E-state index in [9.17, 15) is 0 Å². The number of hydrogen-bond acceptors (Lipinski definition) is 1. The Morgan fingerprint density at radius 3 is 2.16 bits per heavy atom. The third-order valence-electron chi connectivity index (χ3n) is 5.08. The third kappa shape index (κ3) is 5.85. The monoisotopic (exact) mass is 265 g/mol. The van der Waals surface area contributed by atoms with Crippen molar-refractivity contribution < 1.29 is 0 Å². The summed E-state index contributed by atoms with van der Waals surface area (Å²) in [7, 11) is 0. The van der Waals surface area contributed by atoms with Crippen molar-refractivity contribution in [3.63, 3.8) is 0 Å². The first kappa shape index (κ1) is 15.4. The fraction of sp³-hybridized carbons (Fsp3) is 1.00. The molecular formula is C18H35N. The molecule has 0 bridgehead atoms. The molecule has 112 valence electrons. The molecule has 2 aliphatic rings. The number of likely N-dealkylation sites (tertiary alicyclic amines) is 1. The molecule has 1 atom stereocenters. The van der Waals surface area contributed by atoms with Crippen LogP contribution < -0.4 is 0 Å². The number of hydrogen-bond donors (Lipinski definition) is 0. The summed E-state index contributed by atoms with van der Waals surface area (Å²) in [5.74, 6) is 2.00. The van der Waals surface area contributed by atoms with Crippen molar-refractivity contribution in [1.82, 2.24) is 4.90 Å². The third-order valence-corrected chi connectivity index (χ3v) is 5.08. The Bertz CT molecular complexity index is 247. The lowest BCUT2D eigenvalue weighted by Crippen LogP contribution is -2.31. The second-order valence-electron chi connectivity index (χ2n) is 8.37. The highest BCUT2D eigenvalue weighted by Crippen LogP contribution is 2.32. The van der Waals surface area contributed by atoms with Gasteiger partial charge < -0.3 is 4.90 Å². The maximum atomic E-state index is 2.79. The maximum Gasteiger partial charge on any atom is 0.000966 e. The Kier molecular flexibility index (Phi) is 5.74. The molecule has 2 rings (SSSR count). The van der Waals surface area contributed by atoms with Crippen molar-refractivity contribution in [1.29, 1.82) is 0 Å². The molecule has 0 N–H and O–H groups in total. The SMILES string of the molecule is CC(C)(C)CC1CCCN(CC2CCCCC2)CC1. The lowest BCUT2D eigenvalue weighted by atomic mass is 9.81. The van der Waals surface area contributed by atoms with Gasteiger partial charge in [0, 0.05) is 6.54 Å². The van der Waals surface area contributed by atoms with Gasteiger partial charge in [0.25, 0.3) is 0 Å². The van der Waals surface area contributed by atoms with Gasteiger partial charge in [-0.05, 0) is 68.9 Å². The maximum absolute atomic E-state index is 2.79. The highest BCUT2D eigenvalue weighted by Gasteiger charge is 2.23. The quantitative estimate of drug-likeness (QED) is 0.686. The molecule has 1 heterocycles. The first-order valence-electron chi connectivity index (χ1n) is 8.75. The summed E-state index contributed by atoms with van der Waals surface area (Å²) in [4.78, 5) is 2.79. The fourth-order valence-electron chi connectivity index (χ4n) is 4.21. The normalized spacial score (nSPS) is 28.3. The van der Waals surface area contributed by atoms with Crippen LogP contribution >= 0.6 is 0 Å². The fourth-order valence-corrected chi connectivity index (χ4v) is 4.21. The van der Waals surface area contributed by atoms with Gasteiger partial charge in [0.1, 0.15) is 0 Å². The molecule has 0 spiro atoms. The summed E-state index contributed by atoms with van der Waals surface area (Å²) in [5, 5.41) is 0. The van der Waals surface area contributed by atoms with Crippen LogP contribution in [0.15, 0.2) is 0 Å². The lowest BCUT2D eigenvalue weighted by Gasteiger charge is -2.29. The summed E-state index contributed by atoms with van der Waals surface area (Å²) >= 11 is 0. The smallest absolute Gasteiger partial charge is 0.000966 e. The van der Waals surface area contributed by atoms with Gasteiger partial charge in [-0.25, -0.2) is 0 Å². The van der Waals surface area contributed by atoms with E-state index in [1.165, 1.54) is 77.4 Å². The van der Waals surface area contributed by atoms with Crippen molar-refractivity contribution in [3.8, 4) is 0 Å². The number of rotatable bonds is 3. The number of nitrogens with zero attached hydrogens (tertiary/aromatic N) is 1. The van der Waals surface area contributed by atoms with Crippen molar-refractivity contribution in [2.45, 2.75) is 78.6 Å². The zero-order chi connectivity index (χ0) is 13.7. The van der Waals surface area contributed by atoms with Crippen molar-refractivity contribution in [2.24, 2.45) is 17.3 Å². The minimum absolute atomic E-state index is 0.517. The van der Waals surface area contributed by atoms with Crippen LogP contribution in [0.4, 0.5) is 0 Å². The Hall–Kier alpha value is -0.0400. The van der Waals surface area contributed by atoms with E-state index < -0.39 is 0 Å². The minimum atomic E-state index is 0.517. The molecular weight excluding hydrogens is 230 g/mol. The Morgan fingerprint density at radius 2 is 1.47 bits per heavy atom. The van der Waals surface area contributed by atoms with Crippen LogP contribution in [0.2, 0.25) is 0 Å². The van der Waals surface area contributed by atoms with E-state index in [1.54, 1.807) is 0 Å². The van der Waals surface area contributed by atoms with E-state index in [1.807, 2.05) is 0 Å². The Labute approximate surface area is 121 Å². The molecule has 1 nitrogen and oxygen atoms in total. The van der Waals surface area contributed by atoms with Crippen LogP contribution in [-0.2, 0) is 0 Å². The first-order chi connectivity index (χ1) is 9.03. The van der Waals surface area contributed by atoms with Crippen molar-refractivity contribution >= 4 is 0 Å². The van der Waals surface area contributed by atoms with Crippen LogP contribution in [0, 0.1) is 17.3 Å². The highest BCUT2D eigenvalue weighted by atomic mass is 15.1. The molecule has 0 aromatic heterocycles. The predicted molar refractivity (Wildman–Crippen MR) is 84.4 cm³/mol. The van der Waals surface area contributed by atoms with Gasteiger partial charge in [0.15, 0.2) is 0 Å². The summed E-state index contributed by atoms with van der Waals surface area (Å²) in [6.07, 6.45) is 13.3. The van der Waals surface area contributed by atoms with Crippen molar-refractivity contribution in [3.05, 3.63) is 0 Å². The van der Waals surface area contributed by atoms with E-state index in [0.717, 1.165) is 11.8 Å².